The van der Waals surface area contributed by atoms with Gasteiger partial charge in [0.25, 0.3) is 5.91 Å². The van der Waals surface area contributed by atoms with Gasteiger partial charge in [-0.15, -0.1) is 11.3 Å². The van der Waals surface area contributed by atoms with Crippen LogP contribution in [0.15, 0.2) is 52.3 Å². The Kier molecular flexibility index (Phi) is 5.42. The van der Waals surface area contributed by atoms with Gasteiger partial charge in [0.2, 0.25) is 5.91 Å². The van der Waals surface area contributed by atoms with Crippen molar-refractivity contribution >= 4 is 34.1 Å². The molecule has 2 N–H and O–H groups in total. The normalized spacial score (nSPS) is 13.5. The molecular weight excluding hydrogens is 348 g/mol. The lowest BCUT2D eigenvalue weighted by Gasteiger charge is -2.23. The molecule has 26 heavy (non-hydrogen) atoms. The molecule has 0 aliphatic heterocycles. The summed E-state index contributed by atoms with van der Waals surface area (Å²) in [6.07, 6.45) is 0. The van der Waals surface area contributed by atoms with Crippen molar-refractivity contribution < 1.29 is 14.0 Å². The molecule has 0 saturated carbocycles. The number of amides is 2. The molecule has 0 spiro atoms. The first-order valence-corrected chi connectivity index (χ1v) is 9.47. The van der Waals surface area contributed by atoms with E-state index in [1.165, 1.54) is 11.3 Å². The molecule has 3 rings (SSSR count). The monoisotopic (exact) mass is 370 g/mol. The third kappa shape index (κ3) is 3.96. The summed E-state index contributed by atoms with van der Waals surface area (Å²) in [6, 6.07) is 12.3. The largest absolute Gasteiger partial charge is 0.459 e. The summed E-state index contributed by atoms with van der Waals surface area (Å²) in [5.74, 6) is 0.191. The van der Waals surface area contributed by atoms with Crippen LogP contribution in [0.25, 0.3) is 11.0 Å². The van der Waals surface area contributed by atoms with Crippen molar-refractivity contribution in [2.75, 3.05) is 0 Å². The van der Waals surface area contributed by atoms with Gasteiger partial charge in [-0.05, 0) is 36.4 Å². The quantitative estimate of drug-likeness (QED) is 0.685. The van der Waals surface area contributed by atoms with E-state index in [9.17, 15) is 9.59 Å². The van der Waals surface area contributed by atoms with E-state index in [0.717, 1.165) is 11.0 Å². The van der Waals surface area contributed by atoms with Gasteiger partial charge in [-0.3, -0.25) is 9.59 Å². The molecule has 2 aromatic heterocycles. The highest BCUT2D eigenvalue weighted by Crippen LogP contribution is 2.23. The highest BCUT2D eigenvalue weighted by Gasteiger charge is 2.27. The molecule has 0 radical (unpaired) electrons. The van der Waals surface area contributed by atoms with Gasteiger partial charge in [0.15, 0.2) is 0 Å². The van der Waals surface area contributed by atoms with E-state index in [4.69, 9.17) is 4.42 Å². The molecule has 3 aromatic rings. The molecule has 6 heteroatoms. The topological polar surface area (TPSA) is 71.3 Å². The molecule has 2 heterocycles. The standard InChI is InChI=1S/C20H22N2O3S/c1-12(2)18(22-19(23)17-9-6-10-26-17)20(24)21-13(3)16-11-14-7-4-5-8-15(14)25-16/h4-13,18H,1-3H3,(H,21,24)(H,22,23)/t13-,18+/m0/s1. The van der Waals surface area contributed by atoms with Crippen molar-refractivity contribution in [3.63, 3.8) is 0 Å². The zero-order chi connectivity index (χ0) is 18.7. The smallest absolute Gasteiger partial charge is 0.262 e. The van der Waals surface area contributed by atoms with Gasteiger partial charge in [0.1, 0.15) is 17.4 Å². The number of thiophene rings is 1. The number of carbonyl (C=O) groups excluding carboxylic acids is 2. The maximum Gasteiger partial charge on any atom is 0.262 e. The predicted octanol–water partition coefficient (Wildman–Crippen LogP) is 4.13. The third-order valence-corrected chi connectivity index (χ3v) is 5.08. The Morgan fingerprint density at radius 3 is 2.46 bits per heavy atom. The third-order valence-electron chi connectivity index (χ3n) is 4.21. The molecule has 2 amide bonds. The maximum atomic E-state index is 12.7. The fourth-order valence-electron chi connectivity index (χ4n) is 2.75. The SMILES string of the molecule is CC(C)[C@@H](NC(=O)c1cccs1)C(=O)N[C@@H](C)c1cc2ccccc2o1. The van der Waals surface area contributed by atoms with Crippen LogP contribution in [0, 0.1) is 5.92 Å². The van der Waals surface area contributed by atoms with Crippen LogP contribution in [-0.2, 0) is 4.79 Å². The lowest BCUT2D eigenvalue weighted by molar-refractivity contribution is -0.124. The van der Waals surface area contributed by atoms with Crippen LogP contribution >= 0.6 is 11.3 Å². The second-order valence-electron chi connectivity index (χ2n) is 6.59. The molecule has 2 atom stereocenters. The maximum absolute atomic E-state index is 12.7. The van der Waals surface area contributed by atoms with Crippen molar-refractivity contribution in [3.05, 3.63) is 58.5 Å². The Morgan fingerprint density at radius 2 is 1.81 bits per heavy atom. The number of carbonyl (C=O) groups is 2. The summed E-state index contributed by atoms with van der Waals surface area (Å²) in [6.45, 7) is 5.68. The Labute approximate surface area is 156 Å². The second kappa shape index (κ2) is 7.74. The van der Waals surface area contributed by atoms with Gasteiger partial charge in [0, 0.05) is 5.39 Å². The summed E-state index contributed by atoms with van der Waals surface area (Å²) in [5, 5.41) is 8.61. The molecule has 0 fully saturated rings. The first-order valence-electron chi connectivity index (χ1n) is 8.59. The zero-order valence-electron chi connectivity index (χ0n) is 15.0. The van der Waals surface area contributed by atoms with E-state index in [1.807, 2.05) is 62.5 Å². The zero-order valence-corrected chi connectivity index (χ0v) is 15.8. The molecule has 0 aliphatic rings. The average Bonchev–Trinajstić information content (AvgIpc) is 3.28. The number of nitrogens with one attached hydrogen (secondary N) is 2. The van der Waals surface area contributed by atoms with Crippen molar-refractivity contribution in [1.82, 2.24) is 10.6 Å². The summed E-state index contributed by atoms with van der Waals surface area (Å²) in [7, 11) is 0. The molecule has 136 valence electrons. The molecule has 0 aliphatic carbocycles. The van der Waals surface area contributed by atoms with Crippen LogP contribution in [-0.4, -0.2) is 17.9 Å². The highest BCUT2D eigenvalue weighted by molar-refractivity contribution is 7.12. The summed E-state index contributed by atoms with van der Waals surface area (Å²) >= 11 is 1.35. The molecular formula is C20H22N2O3S. The first-order chi connectivity index (χ1) is 12.5. The highest BCUT2D eigenvalue weighted by atomic mass is 32.1. The van der Waals surface area contributed by atoms with Gasteiger partial charge in [-0.1, -0.05) is 38.1 Å². The summed E-state index contributed by atoms with van der Waals surface area (Å²) in [5.41, 5.74) is 0.787. The van der Waals surface area contributed by atoms with Gasteiger partial charge in [-0.2, -0.15) is 0 Å². The summed E-state index contributed by atoms with van der Waals surface area (Å²) < 4.78 is 5.81. The van der Waals surface area contributed by atoms with Crippen LogP contribution in [0.4, 0.5) is 0 Å². The Balaban J connectivity index is 1.69. The number of benzene rings is 1. The van der Waals surface area contributed by atoms with Crippen molar-refractivity contribution in [2.45, 2.75) is 32.9 Å². The van der Waals surface area contributed by atoms with Crippen LogP contribution in [0.2, 0.25) is 0 Å². The second-order valence-corrected chi connectivity index (χ2v) is 7.54. The van der Waals surface area contributed by atoms with E-state index in [2.05, 4.69) is 10.6 Å². The average molecular weight is 370 g/mol. The number of fused-ring (bicyclic) bond motifs is 1. The number of hydrogen-bond acceptors (Lipinski definition) is 4. The van der Waals surface area contributed by atoms with Crippen molar-refractivity contribution in [3.8, 4) is 0 Å². The lowest BCUT2D eigenvalue weighted by atomic mass is 10.0. The molecule has 0 bridgehead atoms. The van der Waals surface area contributed by atoms with Gasteiger partial charge in [-0.25, -0.2) is 0 Å². The lowest BCUT2D eigenvalue weighted by Crippen LogP contribution is -2.50. The molecule has 5 nitrogen and oxygen atoms in total. The Hall–Kier alpha value is -2.60. The molecule has 0 saturated heterocycles. The van der Waals surface area contributed by atoms with Crippen LogP contribution < -0.4 is 10.6 Å². The number of hydrogen-bond donors (Lipinski definition) is 2. The van der Waals surface area contributed by atoms with Crippen LogP contribution in [0.1, 0.15) is 42.2 Å². The Bertz CT molecular complexity index is 866. The van der Waals surface area contributed by atoms with E-state index in [0.29, 0.717) is 10.6 Å². The Morgan fingerprint density at radius 1 is 1.04 bits per heavy atom. The minimum atomic E-state index is -0.614. The van der Waals surface area contributed by atoms with E-state index < -0.39 is 6.04 Å². The first kappa shape index (κ1) is 18.2. The van der Waals surface area contributed by atoms with Crippen LogP contribution in [0.5, 0.6) is 0 Å². The van der Waals surface area contributed by atoms with E-state index in [1.54, 1.807) is 6.07 Å². The fraction of sp³-hybridized carbons (Fsp3) is 0.300. The number of furan rings is 1. The summed E-state index contributed by atoms with van der Waals surface area (Å²) in [4.78, 5) is 25.6. The fourth-order valence-corrected chi connectivity index (χ4v) is 3.37. The van der Waals surface area contributed by atoms with E-state index >= 15 is 0 Å². The molecule has 0 unspecified atom stereocenters. The van der Waals surface area contributed by atoms with Gasteiger partial charge < -0.3 is 15.1 Å². The molecule has 1 aromatic carbocycles. The van der Waals surface area contributed by atoms with Gasteiger partial charge in [0.05, 0.1) is 10.9 Å². The van der Waals surface area contributed by atoms with E-state index in [-0.39, 0.29) is 23.8 Å². The minimum absolute atomic E-state index is 0.0400. The number of rotatable bonds is 6. The van der Waals surface area contributed by atoms with Gasteiger partial charge >= 0.3 is 0 Å². The van der Waals surface area contributed by atoms with Crippen molar-refractivity contribution in [1.29, 1.82) is 0 Å². The van der Waals surface area contributed by atoms with Crippen molar-refractivity contribution in [2.24, 2.45) is 5.92 Å². The number of para-hydroxylation sites is 1. The predicted molar refractivity (Wildman–Crippen MR) is 103 cm³/mol. The minimum Gasteiger partial charge on any atom is -0.459 e. The van der Waals surface area contributed by atoms with Crippen LogP contribution in [0.3, 0.4) is 0 Å².